The standard InChI is InChI=1S/C22H28N6O5/c1-3-12-28-19(23)18(21(30)25-22(28)31)27(13-14-32-2)17(29)11-7-10-16-24-20(26-33-16)15-8-5-4-6-9-15/h4-6,8-9H,3,7,10-14,23H2,1-2H3,(H,25,30,31). The fourth-order valence-corrected chi connectivity index (χ4v) is 3.41. The maximum atomic E-state index is 13.0. The van der Waals surface area contributed by atoms with E-state index in [2.05, 4.69) is 15.1 Å². The molecule has 2 aromatic heterocycles. The number of aromatic amines is 1. The number of nitrogen functional groups attached to an aromatic ring is 1. The zero-order valence-corrected chi connectivity index (χ0v) is 18.7. The van der Waals surface area contributed by atoms with Crippen molar-refractivity contribution >= 4 is 17.4 Å². The SMILES string of the molecule is CCCn1c(N)c(N(CCOC)C(=O)CCCc2nc(-c3ccccc3)no2)c(=O)[nH]c1=O. The molecular formula is C22H28N6O5. The topological polar surface area (TPSA) is 149 Å². The summed E-state index contributed by atoms with van der Waals surface area (Å²) in [6, 6.07) is 9.43. The Morgan fingerprint density at radius 1 is 1.27 bits per heavy atom. The molecule has 0 aliphatic carbocycles. The quantitative estimate of drug-likeness (QED) is 0.442. The lowest BCUT2D eigenvalue weighted by atomic mass is 10.2. The number of nitrogens with one attached hydrogen (secondary N) is 1. The first kappa shape index (κ1) is 23.9. The van der Waals surface area contributed by atoms with E-state index >= 15 is 0 Å². The van der Waals surface area contributed by atoms with Crippen molar-refractivity contribution in [3.05, 3.63) is 57.1 Å². The first-order valence-electron chi connectivity index (χ1n) is 10.8. The maximum Gasteiger partial charge on any atom is 0.330 e. The van der Waals surface area contributed by atoms with E-state index in [1.807, 2.05) is 37.3 Å². The number of rotatable bonds is 11. The van der Waals surface area contributed by atoms with E-state index in [9.17, 15) is 14.4 Å². The molecule has 0 saturated heterocycles. The van der Waals surface area contributed by atoms with Gasteiger partial charge in [0.25, 0.3) is 5.56 Å². The molecule has 3 rings (SSSR count). The molecule has 0 aliphatic heterocycles. The molecule has 0 fully saturated rings. The van der Waals surface area contributed by atoms with Gasteiger partial charge in [-0.05, 0) is 12.8 Å². The van der Waals surface area contributed by atoms with Crippen LogP contribution < -0.4 is 21.9 Å². The summed E-state index contributed by atoms with van der Waals surface area (Å²) < 4.78 is 11.6. The molecule has 0 aliphatic rings. The average Bonchev–Trinajstić information content (AvgIpc) is 3.28. The molecule has 176 valence electrons. The molecule has 0 bridgehead atoms. The molecule has 0 spiro atoms. The Kier molecular flexibility index (Phi) is 8.14. The van der Waals surface area contributed by atoms with Crippen LogP contribution in [0.2, 0.25) is 0 Å². The number of ether oxygens (including phenoxy) is 1. The largest absolute Gasteiger partial charge is 0.383 e. The molecular weight excluding hydrogens is 428 g/mol. The lowest BCUT2D eigenvalue weighted by Crippen LogP contribution is -2.42. The molecule has 0 unspecified atom stereocenters. The molecule has 3 aromatic rings. The van der Waals surface area contributed by atoms with Crippen molar-refractivity contribution < 1.29 is 14.1 Å². The van der Waals surface area contributed by atoms with E-state index in [4.69, 9.17) is 15.0 Å². The van der Waals surface area contributed by atoms with Crippen LogP contribution in [-0.2, 0) is 22.5 Å². The van der Waals surface area contributed by atoms with Gasteiger partial charge in [-0.15, -0.1) is 0 Å². The Morgan fingerprint density at radius 2 is 2.03 bits per heavy atom. The molecule has 11 heteroatoms. The van der Waals surface area contributed by atoms with Gasteiger partial charge in [-0.25, -0.2) is 4.79 Å². The number of benzene rings is 1. The molecule has 0 atom stereocenters. The molecule has 2 heterocycles. The average molecular weight is 457 g/mol. The number of nitrogens with zero attached hydrogens (tertiary/aromatic N) is 4. The summed E-state index contributed by atoms with van der Waals surface area (Å²) in [6.45, 7) is 2.51. The third kappa shape index (κ3) is 5.75. The number of carbonyl (C=O) groups excluding carboxylic acids is 1. The number of H-pyrrole nitrogens is 1. The van der Waals surface area contributed by atoms with Gasteiger partial charge in [0.1, 0.15) is 5.82 Å². The number of carbonyl (C=O) groups is 1. The van der Waals surface area contributed by atoms with Gasteiger partial charge in [0, 0.05) is 38.6 Å². The Morgan fingerprint density at radius 3 is 2.73 bits per heavy atom. The normalized spacial score (nSPS) is 11.0. The van der Waals surface area contributed by atoms with Gasteiger partial charge in [0.15, 0.2) is 5.69 Å². The predicted molar refractivity (Wildman–Crippen MR) is 123 cm³/mol. The van der Waals surface area contributed by atoms with Crippen molar-refractivity contribution in [1.82, 2.24) is 19.7 Å². The van der Waals surface area contributed by atoms with Gasteiger partial charge >= 0.3 is 5.69 Å². The number of hydrogen-bond acceptors (Lipinski definition) is 8. The van der Waals surface area contributed by atoms with Crippen molar-refractivity contribution in [2.75, 3.05) is 30.9 Å². The van der Waals surface area contributed by atoms with Crippen LogP contribution in [0.5, 0.6) is 0 Å². The summed E-state index contributed by atoms with van der Waals surface area (Å²) in [4.78, 5) is 45.6. The number of hydrogen-bond donors (Lipinski definition) is 2. The summed E-state index contributed by atoms with van der Waals surface area (Å²) in [5, 5.41) is 3.97. The van der Waals surface area contributed by atoms with Crippen molar-refractivity contribution in [3.63, 3.8) is 0 Å². The molecule has 11 nitrogen and oxygen atoms in total. The molecule has 0 saturated carbocycles. The minimum Gasteiger partial charge on any atom is -0.383 e. The smallest absolute Gasteiger partial charge is 0.330 e. The minimum absolute atomic E-state index is 0.0422. The van der Waals surface area contributed by atoms with Crippen LogP contribution in [0, 0.1) is 0 Å². The fraction of sp³-hybridized carbons (Fsp3) is 0.409. The first-order valence-corrected chi connectivity index (χ1v) is 10.8. The Hall–Kier alpha value is -3.73. The van der Waals surface area contributed by atoms with Crippen molar-refractivity contribution in [1.29, 1.82) is 0 Å². The lowest BCUT2D eigenvalue weighted by molar-refractivity contribution is -0.118. The molecule has 1 aromatic carbocycles. The first-order chi connectivity index (χ1) is 16.0. The third-order valence-electron chi connectivity index (χ3n) is 5.03. The van der Waals surface area contributed by atoms with Gasteiger partial charge in [0.05, 0.1) is 6.61 Å². The zero-order valence-electron chi connectivity index (χ0n) is 18.7. The third-order valence-corrected chi connectivity index (χ3v) is 5.03. The Labute approximate surface area is 190 Å². The Bertz CT molecular complexity index is 1180. The zero-order chi connectivity index (χ0) is 23.8. The summed E-state index contributed by atoms with van der Waals surface area (Å²) in [7, 11) is 1.49. The predicted octanol–water partition coefficient (Wildman–Crippen LogP) is 1.58. The van der Waals surface area contributed by atoms with Crippen LogP contribution in [0.1, 0.15) is 32.1 Å². The highest BCUT2D eigenvalue weighted by atomic mass is 16.5. The number of aromatic nitrogens is 4. The number of anilines is 2. The van der Waals surface area contributed by atoms with Crippen LogP contribution in [0.15, 0.2) is 44.4 Å². The molecule has 0 radical (unpaired) electrons. The van der Waals surface area contributed by atoms with Crippen LogP contribution in [0.3, 0.4) is 0 Å². The number of methoxy groups -OCH3 is 1. The second-order valence-electron chi connectivity index (χ2n) is 7.41. The summed E-state index contributed by atoms with van der Waals surface area (Å²) in [6.07, 6.45) is 1.56. The Balaban J connectivity index is 1.73. The number of nitrogens with two attached hydrogens (primary N) is 1. The van der Waals surface area contributed by atoms with Crippen LogP contribution in [0.4, 0.5) is 11.5 Å². The molecule has 33 heavy (non-hydrogen) atoms. The van der Waals surface area contributed by atoms with Crippen LogP contribution >= 0.6 is 0 Å². The molecule has 1 amide bonds. The second-order valence-corrected chi connectivity index (χ2v) is 7.41. The van der Waals surface area contributed by atoms with E-state index < -0.39 is 11.2 Å². The summed E-state index contributed by atoms with van der Waals surface area (Å²) >= 11 is 0. The highest BCUT2D eigenvalue weighted by Gasteiger charge is 2.24. The maximum absolute atomic E-state index is 13.0. The lowest BCUT2D eigenvalue weighted by Gasteiger charge is -2.24. The highest BCUT2D eigenvalue weighted by molar-refractivity contribution is 5.95. The fourth-order valence-electron chi connectivity index (χ4n) is 3.41. The number of amides is 1. The van der Waals surface area contributed by atoms with Gasteiger partial charge in [-0.3, -0.25) is 19.1 Å². The van der Waals surface area contributed by atoms with Gasteiger partial charge < -0.3 is 19.9 Å². The van der Waals surface area contributed by atoms with E-state index in [-0.39, 0.29) is 37.0 Å². The van der Waals surface area contributed by atoms with Gasteiger partial charge in [-0.1, -0.05) is 42.4 Å². The summed E-state index contributed by atoms with van der Waals surface area (Å²) in [5.41, 5.74) is 5.61. The minimum atomic E-state index is -0.710. The monoisotopic (exact) mass is 456 g/mol. The second kappa shape index (κ2) is 11.2. The van der Waals surface area contributed by atoms with Gasteiger partial charge in [0.2, 0.25) is 17.6 Å². The summed E-state index contributed by atoms with van der Waals surface area (Å²) in [5.74, 6) is 0.531. The van der Waals surface area contributed by atoms with Crippen molar-refractivity contribution in [2.24, 2.45) is 0 Å². The van der Waals surface area contributed by atoms with E-state index in [0.717, 1.165) is 5.56 Å². The molecule has 3 N–H and O–H groups in total. The van der Waals surface area contributed by atoms with Crippen LogP contribution in [0.25, 0.3) is 11.4 Å². The van der Waals surface area contributed by atoms with Crippen molar-refractivity contribution in [3.8, 4) is 11.4 Å². The van der Waals surface area contributed by atoms with E-state index in [1.165, 1.54) is 16.6 Å². The number of aryl methyl sites for hydroxylation is 1. The highest BCUT2D eigenvalue weighted by Crippen LogP contribution is 2.19. The van der Waals surface area contributed by atoms with Gasteiger partial charge in [-0.2, -0.15) is 4.98 Å². The van der Waals surface area contributed by atoms with Crippen LogP contribution in [-0.4, -0.2) is 45.9 Å². The van der Waals surface area contributed by atoms with Crippen molar-refractivity contribution in [2.45, 2.75) is 39.2 Å². The van der Waals surface area contributed by atoms with E-state index in [1.54, 1.807) is 0 Å². The van der Waals surface area contributed by atoms with E-state index in [0.29, 0.717) is 37.5 Å².